The summed E-state index contributed by atoms with van der Waals surface area (Å²) in [4.78, 5) is 14.1. The first-order valence-electron chi connectivity index (χ1n) is 4.93. The normalized spacial score (nSPS) is 14.1. The van der Waals surface area contributed by atoms with Crippen LogP contribution in [0.25, 0.3) is 0 Å². The summed E-state index contributed by atoms with van der Waals surface area (Å²) in [5.74, 6) is -1.08. The van der Waals surface area contributed by atoms with Gasteiger partial charge in [0.2, 0.25) is 5.91 Å². The number of aliphatic hydroxyl groups excluding tert-OH is 2. The van der Waals surface area contributed by atoms with Gasteiger partial charge in [0.05, 0.1) is 6.20 Å². The summed E-state index contributed by atoms with van der Waals surface area (Å²) in [5, 5.41) is 21.6. The molecule has 0 aliphatic carbocycles. The molecule has 0 saturated carbocycles. The van der Waals surface area contributed by atoms with Crippen molar-refractivity contribution < 1.29 is 19.4 Å². The first-order valence-corrected chi connectivity index (χ1v) is 4.93. The summed E-state index contributed by atoms with van der Waals surface area (Å²) in [7, 11) is 0. The van der Waals surface area contributed by atoms with Crippen molar-refractivity contribution in [1.29, 1.82) is 0 Å². The van der Waals surface area contributed by atoms with Crippen molar-refractivity contribution in [2.45, 2.75) is 19.1 Å². The Kier molecular flexibility index (Phi) is 4.36. The summed E-state index contributed by atoms with van der Waals surface area (Å²) >= 11 is 0. The van der Waals surface area contributed by atoms with Gasteiger partial charge in [0.25, 0.3) is 0 Å². The average molecular weight is 243 g/mol. The Morgan fingerprint density at radius 2 is 2.29 bits per heavy atom. The highest BCUT2D eigenvalue weighted by Crippen LogP contribution is 2.21. The lowest BCUT2D eigenvalue weighted by Crippen LogP contribution is -2.34. The van der Waals surface area contributed by atoms with Crippen molar-refractivity contribution >= 4 is 11.7 Å². The Hall–Kier alpha value is -1.73. The zero-order valence-corrected chi connectivity index (χ0v) is 9.22. The van der Waals surface area contributed by atoms with Crippen LogP contribution in [0.3, 0.4) is 0 Å². The molecule has 0 bridgehead atoms. The molecule has 2 atom stereocenters. The Labute approximate surface area is 97.3 Å². The lowest BCUT2D eigenvalue weighted by atomic mass is 10.1. The van der Waals surface area contributed by atoms with Crippen LogP contribution in [0.1, 0.15) is 18.6 Å². The molecule has 7 heteroatoms. The molecule has 0 spiro atoms. The number of aliphatic hydroxyl groups is 2. The van der Waals surface area contributed by atoms with Crippen LogP contribution in [0.5, 0.6) is 0 Å². The molecule has 2 unspecified atom stereocenters. The predicted octanol–water partition coefficient (Wildman–Crippen LogP) is -0.667. The number of nitrogens with zero attached hydrogens (tertiary/aromatic N) is 1. The van der Waals surface area contributed by atoms with Gasteiger partial charge in [-0.25, -0.2) is 9.37 Å². The number of rotatable bonds is 4. The molecule has 1 aromatic heterocycles. The molecule has 1 aromatic rings. The van der Waals surface area contributed by atoms with Gasteiger partial charge in [-0.05, 0) is 6.07 Å². The van der Waals surface area contributed by atoms with E-state index in [0.29, 0.717) is 0 Å². The number of carbonyl (C=O) groups is 1. The highest BCUT2D eigenvalue weighted by atomic mass is 19.1. The number of amides is 1. The van der Waals surface area contributed by atoms with Crippen molar-refractivity contribution in [3.63, 3.8) is 0 Å². The highest BCUT2D eigenvalue weighted by molar-refractivity contribution is 5.72. The van der Waals surface area contributed by atoms with E-state index < -0.39 is 18.0 Å². The maximum atomic E-state index is 12.9. The van der Waals surface area contributed by atoms with Crippen molar-refractivity contribution in [1.82, 2.24) is 10.3 Å². The molecule has 0 fully saturated rings. The summed E-state index contributed by atoms with van der Waals surface area (Å²) in [5.41, 5.74) is 5.44. The summed E-state index contributed by atoms with van der Waals surface area (Å²) in [6.45, 7) is 1.11. The third-order valence-electron chi connectivity index (χ3n) is 2.16. The summed E-state index contributed by atoms with van der Waals surface area (Å²) in [6, 6.07) is 0.990. The van der Waals surface area contributed by atoms with Crippen molar-refractivity contribution in [3.8, 4) is 0 Å². The molecule has 1 heterocycles. The zero-order valence-electron chi connectivity index (χ0n) is 9.22. The molecule has 0 radical (unpaired) electrons. The van der Waals surface area contributed by atoms with Crippen LogP contribution >= 0.6 is 0 Å². The summed E-state index contributed by atoms with van der Waals surface area (Å²) in [6.07, 6.45) is -1.79. The second-order valence-corrected chi connectivity index (χ2v) is 3.58. The van der Waals surface area contributed by atoms with E-state index in [1.54, 1.807) is 0 Å². The van der Waals surface area contributed by atoms with Gasteiger partial charge in [0.15, 0.2) is 0 Å². The van der Waals surface area contributed by atoms with Crippen LogP contribution in [0.2, 0.25) is 0 Å². The van der Waals surface area contributed by atoms with E-state index in [1.807, 2.05) is 0 Å². The first kappa shape index (κ1) is 13.3. The molecule has 1 amide bonds. The smallest absolute Gasteiger partial charge is 0.216 e. The maximum absolute atomic E-state index is 12.9. The van der Waals surface area contributed by atoms with E-state index in [0.717, 1.165) is 12.3 Å². The number of pyridine rings is 1. The van der Waals surface area contributed by atoms with Gasteiger partial charge in [0, 0.05) is 19.0 Å². The number of anilines is 1. The lowest BCUT2D eigenvalue weighted by molar-refractivity contribution is -0.119. The van der Waals surface area contributed by atoms with Gasteiger partial charge in [-0.2, -0.15) is 0 Å². The quantitative estimate of drug-likeness (QED) is 0.561. The number of aromatic nitrogens is 1. The van der Waals surface area contributed by atoms with Crippen LogP contribution in [-0.2, 0) is 4.79 Å². The number of nitrogens with one attached hydrogen (secondary N) is 1. The van der Waals surface area contributed by atoms with Gasteiger partial charge in [0.1, 0.15) is 23.8 Å². The molecule has 0 saturated heterocycles. The molecular formula is C10H14FN3O3. The minimum Gasteiger partial charge on any atom is -0.388 e. The maximum Gasteiger partial charge on any atom is 0.216 e. The van der Waals surface area contributed by atoms with E-state index >= 15 is 0 Å². The minimum atomic E-state index is -1.41. The van der Waals surface area contributed by atoms with Gasteiger partial charge >= 0.3 is 0 Å². The summed E-state index contributed by atoms with van der Waals surface area (Å²) < 4.78 is 12.9. The lowest BCUT2D eigenvalue weighted by Gasteiger charge is -2.19. The van der Waals surface area contributed by atoms with Crippen LogP contribution < -0.4 is 11.1 Å². The second-order valence-electron chi connectivity index (χ2n) is 3.58. The second kappa shape index (κ2) is 5.55. The zero-order chi connectivity index (χ0) is 13.0. The standard InChI is InChI=1S/C10H14FN3O3/c1-5(15)13-4-8(16)9(17)7-2-6(11)3-14-10(7)12/h2-3,8-9,16-17H,4H2,1H3,(H2,12,14)(H,13,15). The van der Waals surface area contributed by atoms with Crippen molar-refractivity contribution in [2.75, 3.05) is 12.3 Å². The van der Waals surface area contributed by atoms with E-state index in [2.05, 4.69) is 10.3 Å². The predicted molar refractivity (Wildman–Crippen MR) is 58.3 cm³/mol. The number of nitrogen functional groups attached to an aromatic ring is 1. The molecule has 6 nitrogen and oxygen atoms in total. The van der Waals surface area contributed by atoms with E-state index in [4.69, 9.17) is 5.73 Å². The van der Waals surface area contributed by atoms with E-state index in [9.17, 15) is 19.4 Å². The fraction of sp³-hybridized carbons (Fsp3) is 0.400. The largest absolute Gasteiger partial charge is 0.388 e. The van der Waals surface area contributed by atoms with Gasteiger partial charge < -0.3 is 21.3 Å². The topological polar surface area (TPSA) is 108 Å². The third-order valence-corrected chi connectivity index (χ3v) is 2.16. The monoisotopic (exact) mass is 243 g/mol. The SMILES string of the molecule is CC(=O)NCC(O)C(O)c1cc(F)cnc1N. The molecule has 0 aromatic carbocycles. The minimum absolute atomic E-state index is 0.0112. The Morgan fingerprint density at radius 3 is 2.88 bits per heavy atom. The van der Waals surface area contributed by atoms with Crippen LogP contribution in [0.15, 0.2) is 12.3 Å². The fourth-order valence-corrected chi connectivity index (χ4v) is 1.27. The third kappa shape index (κ3) is 3.65. The first-order chi connectivity index (χ1) is 7.91. The molecule has 0 aliphatic rings. The van der Waals surface area contributed by atoms with Gasteiger partial charge in [-0.15, -0.1) is 0 Å². The van der Waals surface area contributed by atoms with Gasteiger partial charge in [-0.3, -0.25) is 4.79 Å². The number of carbonyl (C=O) groups excluding carboxylic acids is 1. The molecule has 17 heavy (non-hydrogen) atoms. The molecular weight excluding hydrogens is 229 g/mol. The van der Waals surface area contributed by atoms with Crippen LogP contribution in [-0.4, -0.2) is 33.8 Å². The highest BCUT2D eigenvalue weighted by Gasteiger charge is 2.21. The number of hydrogen-bond acceptors (Lipinski definition) is 5. The van der Waals surface area contributed by atoms with Crippen LogP contribution in [0, 0.1) is 5.82 Å². The average Bonchev–Trinajstić information content (AvgIpc) is 2.28. The van der Waals surface area contributed by atoms with E-state index in [1.165, 1.54) is 6.92 Å². The molecule has 0 aliphatic heterocycles. The number of hydrogen-bond donors (Lipinski definition) is 4. The Balaban J connectivity index is 2.77. The molecule has 94 valence electrons. The van der Waals surface area contributed by atoms with E-state index in [-0.39, 0.29) is 23.8 Å². The van der Waals surface area contributed by atoms with Crippen LogP contribution in [0.4, 0.5) is 10.2 Å². The van der Waals surface area contributed by atoms with Crippen molar-refractivity contribution in [2.24, 2.45) is 0 Å². The fourth-order valence-electron chi connectivity index (χ4n) is 1.27. The number of halogens is 1. The van der Waals surface area contributed by atoms with Crippen molar-refractivity contribution in [3.05, 3.63) is 23.6 Å². The Morgan fingerprint density at radius 1 is 1.65 bits per heavy atom. The van der Waals surface area contributed by atoms with Gasteiger partial charge in [-0.1, -0.05) is 0 Å². The molecule has 1 rings (SSSR count). The number of nitrogens with two attached hydrogens (primary N) is 1. The molecule has 5 N–H and O–H groups in total. The Bertz CT molecular complexity index is 414.